The molecule has 0 spiro atoms. The van der Waals surface area contributed by atoms with Crippen LogP contribution in [-0.2, 0) is 0 Å². The van der Waals surface area contributed by atoms with Crippen LogP contribution in [0.1, 0.15) is 0 Å². The van der Waals surface area contributed by atoms with Crippen molar-refractivity contribution in [3.05, 3.63) is 40.0 Å². The van der Waals surface area contributed by atoms with Gasteiger partial charge in [0.1, 0.15) is 5.15 Å². The summed E-state index contributed by atoms with van der Waals surface area (Å²) in [5, 5.41) is 3.55. The second-order valence-electron chi connectivity index (χ2n) is 3.10. The van der Waals surface area contributed by atoms with Crippen molar-refractivity contribution in [2.24, 2.45) is 0 Å². The Morgan fingerprint density at radius 3 is 3.20 bits per heavy atom. The Bertz CT molecular complexity index is 715. The van der Waals surface area contributed by atoms with Gasteiger partial charge in [-0.15, -0.1) is 0 Å². The fraction of sp³-hybridized carbons (Fsp3) is 0. The Balaban J connectivity index is 2.63. The summed E-state index contributed by atoms with van der Waals surface area (Å²) in [6.07, 6.45) is 3.08. The van der Waals surface area contributed by atoms with Crippen molar-refractivity contribution in [1.82, 2.24) is 19.6 Å². The molecule has 1 N–H and O–H groups in total. The second-order valence-corrected chi connectivity index (χ2v) is 3.48. The average Bonchev–Trinajstić information content (AvgIpc) is 2.65. The third kappa shape index (κ3) is 1.13. The van der Waals surface area contributed by atoms with Crippen molar-refractivity contribution >= 4 is 28.2 Å². The van der Waals surface area contributed by atoms with Crippen LogP contribution in [0, 0.1) is 0 Å². The fourth-order valence-electron chi connectivity index (χ4n) is 1.50. The Morgan fingerprint density at radius 1 is 1.47 bits per heavy atom. The highest BCUT2D eigenvalue weighted by atomic mass is 35.5. The van der Waals surface area contributed by atoms with Crippen molar-refractivity contribution < 1.29 is 0 Å². The lowest BCUT2D eigenvalue weighted by molar-refractivity contribution is 0.914. The van der Waals surface area contributed by atoms with E-state index in [1.165, 1.54) is 10.7 Å². The van der Waals surface area contributed by atoms with Crippen molar-refractivity contribution in [3.8, 4) is 0 Å². The molecule has 6 heteroatoms. The maximum Gasteiger partial charge on any atom is 0.282 e. The van der Waals surface area contributed by atoms with Crippen LogP contribution in [0.5, 0.6) is 0 Å². The minimum atomic E-state index is -0.177. The van der Waals surface area contributed by atoms with Gasteiger partial charge in [-0.3, -0.25) is 9.89 Å². The van der Waals surface area contributed by atoms with Gasteiger partial charge in [-0.05, 0) is 0 Å². The van der Waals surface area contributed by atoms with Crippen molar-refractivity contribution in [2.75, 3.05) is 0 Å². The molecule has 0 saturated carbocycles. The van der Waals surface area contributed by atoms with Crippen molar-refractivity contribution in [3.63, 3.8) is 0 Å². The lowest BCUT2D eigenvalue weighted by Gasteiger charge is -1.98. The summed E-state index contributed by atoms with van der Waals surface area (Å²) in [6, 6.07) is 3.29. The molecule has 0 unspecified atom stereocenters. The van der Waals surface area contributed by atoms with E-state index in [1.807, 2.05) is 0 Å². The molecule has 3 aromatic rings. The number of halogens is 1. The predicted octanol–water partition coefficient (Wildman–Crippen LogP) is 1.22. The lowest BCUT2D eigenvalue weighted by atomic mass is 10.3. The third-order valence-corrected chi connectivity index (χ3v) is 2.39. The summed E-state index contributed by atoms with van der Waals surface area (Å²) in [6.45, 7) is 0. The molecule has 5 nitrogen and oxygen atoms in total. The van der Waals surface area contributed by atoms with Crippen molar-refractivity contribution in [1.29, 1.82) is 0 Å². The predicted molar refractivity (Wildman–Crippen MR) is 56.1 cm³/mol. The number of hydrogen-bond acceptors (Lipinski definition) is 3. The van der Waals surface area contributed by atoms with Crippen LogP contribution < -0.4 is 5.56 Å². The number of pyridine rings is 1. The van der Waals surface area contributed by atoms with E-state index < -0.39 is 0 Å². The number of aromatic nitrogens is 4. The van der Waals surface area contributed by atoms with E-state index in [1.54, 1.807) is 18.3 Å². The van der Waals surface area contributed by atoms with Gasteiger partial charge in [-0.1, -0.05) is 11.6 Å². The van der Waals surface area contributed by atoms with Crippen LogP contribution in [0.4, 0.5) is 0 Å². The standard InChI is InChI=1S/C9H5ClN4O/c10-7-3-6-5(4-11-7)9(15)14-8(13-6)1-2-12-14/h1-4,12H. The van der Waals surface area contributed by atoms with E-state index in [0.717, 1.165) is 0 Å². The minimum absolute atomic E-state index is 0.177. The zero-order valence-corrected chi connectivity index (χ0v) is 8.19. The molecule has 0 aromatic carbocycles. The monoisotopic (exact) mass is 220 g/mol. The molecule has 0 saturated heterocycles. The Labute approximate surface area is 88.3 Å². The molecule has 0 radical (unpaired) electrons. The SMILES string of the molecule is O=c1c2cnc(Cl)cc2nc2cc[nH]n12. The molecule has 0 aliphatic rings. The Hall–Kier alpha value is -1.88. The molecule has 0 atom stereocenters. The van der Waals surface area contributed by atoms with Gasteiger partial charge >= 0.3 is 0 Å². The summed E-state index contributed by atoms with van der Waals surface area (Å²) in [5.41, 5.74) is 0.943. The highest BCUT2D eigenvalue weighted by Crippen LogP contribution is 2.12. The molecular formula is C9H5ClN4O. The van der Waals surface area contributed by atoms with Crippen LogP contribution in [-0.4, -0.2) is 19.6 Å². The van der Waals surface area contributed by atoms with Crippen LogP contribution in [0.3, 0.4) is 0 Å². The molecular weight excluding hydrogens is 216 g/mol. The first-order chi connectivity index (χ1) is 7.25. The molecule has 0 aliphatic heterocycles. The molecule has 0 amide bonds. The number of H-pyrrole nitrogens is 1. The molecule has 15 heavy (non-hydrogen) atoms. The molecule has 3 aromatic heterocycles. The number of nitrogens with one attached hydrogen (secondary N) is 1. The van der Waals surface area contributed by atoms with Gasteiger partial charge in [-0.25, -0.2) is 14.5 Å². The van der Waals surface area contributed by atoms with E-state index in [9.17, 15) is 4.79 Å². The zero-order chi connectivity index (χ0) is 10.4. The van der Waals surface area contributed by atoms with E-state index in [4.69, 9.17) is 11.6 Å². The van der Waals surface area contributed by atoms with Gasteiger partial charge in [-0.2, -0.15) is 0 Å². The fourth-order valence-corrected chi connectivity index (χ4v) is 1.65. The molecule has 0 fully saturated rings. The molecule has 0 bridgehead atoms. The number of fused-ring (bicyclic) bond motifs is 2. The molecule has 3 heterocycles. The normalized spacial score (nSPS) is 11.3. The first-order valence-corrected chi connectivity index (χ1v) is 4.65. The smallest absolute Gasteiger partial charge is 0.282 e. The topological polar surface area (TPSA) is 63.0 Å². The van der Waals surface area contributed by atoms with E-state index >= 15 is 0 Å². The number of nitrogens with zero attached hydrogens (tertiary/aromatic N) is 3. The van der Waals surface area contributed by atoms with Crippen LogP contribution in [0.25, 0.3) is 16.6 Å². The Morgan fingerprint density at radius 2 is 2.33 bits per heavy atom. The first kappa shape index (κ1) is 8.43. The van der Waals surface area contributed by atoms with Crippen molar-refractivity contribution in [2.45, 2.75) is 0 Å². The Kier molecular flexibility index (Phi) is 1.58. The third-order valence-electron chi connectivity index (χ3n) is 2.18. The van der Waals surface area contributed by atoms with Crippen LogP contribution >= 0.6 is 11.6 Å². The number of aromatic amines is 1. The minimum Gasteiger partial charge on any atom is -0.297 e. The van der Waals surface area contributed by atoms with Gasteiger partial charge in [0.05, 0.1) is 10.9 Å². The summed E-state index contributed by atoms with van der Waals surface area (Å²) in [7, 11) is 0. The van der Waals surface area contributed by atoms with Gasteiger partial charge in [0.2, 0.25) is 0 Å². The van der Waals surface area contributed by atoms with Crippen LogP contribution in [0.2, 0.25) is 5.15 Å². The van der Waals surface area contributed by atoms with Crippen LogP contribution in [0.15, 0.2) is 29.3 Å². The average molecular weight is 221 g/mol. The summed E-state index contributed by atoms with van der Waals surface area (Å²) in [5.74, 6) is 0. The maximum absolute atomic E-state index is 11.9. The van der Waals surface area contributed by atoms with Gasteiger partial charge in [0, 0.05) is 24.5 Å². The quantitative estimate of drug-likeness (QED) is 0.580. The van der Waals surface area contributed by atoms with E-state index in [2.05, 4.69) is 15.1 Å². The summed E-state index contributed by atoms with van der Waals surface area (Å²) in [4.78, 5) is 20.0. The lowest BCUT2D eigenvalue weighted by Crippen LogP contribution is -2.15. The number of hydrogen-bond donors (Lipinski definition) is 1. The highest BCUT2D eigenvalue weighted by molar-refractivity contribution is 6.29. The highest BCUT2D eigenvalue weighted by Gasteiger charge is 2.06. The summed E-state index contributed by atoms with van der Waals surface area (Å²) >= 11 is 5.73. The number of rotatable bonds is 0. The summed E-state index contributed by atoms with van der Waals surface area (Å²) < 4.78 is 1.36. The maximum atomic E-state index is 11.9. The molecule has 0 aliphatic carbocycles. The largest absolute Gasteiger partial charge is 0.297 e. The zero-order valence-electron chi connectivity index (χ0n) is 7.44. The second kappa shape index (κ2) is 2.80. The molecule has 3 rings (SSSR count). The van der Waals surface area contributed by atoms with Gasteiger partial charge in [0.25, 0.3) is 5.56 Å². The van der Waals surface area contributed by atoms with Gasteiger partial charge < -0.3 is 0 Å². The molecule has 74 valence electrons. The van der Waals surface area contributed by atoms with E-state index in [-0.39, 0.29) is 5.56 Å². The van der Waals surface area contributed by atoms with Gasteiger partial charge in [0.15, 0.2) is 5.65 Å². The van der Waals surface area contributed by atoms with E-state index in [0.29, 0.717) is 21.7 Å². The first-order valence-electron chi connectivity index (χ1n) is 4.27.